The quantitative estimate of drug-likeness (QED) is 0.0268. The lowest BCUT2D eigenvalue weighted by atomic mass is 9.99. The Morgan fingerprint density at radius 1 is 0.516 bits per heavy atom. The van der Waals surface area contributed by atoms with Crippen LogP contribution < -0.4 is 0 Å². The Morgan fingerprint density at radius 3 is 1.44 bits per heavy atom. The summed E-state index contributed by atoms with van der Waals surface area (Å²) in [5.41, 5.74) is 0. The van der Waals surface area contributed by atoms with E-state index in [1.165, 1.54) is 96.3 Å². The second-order valence-electron chi connectivity index (χ2n) is 17.6. The van der Waals surface area contributed by atoms with Crippen LogP contribution in [0.15, 0.2) is 72.9 Å². The van der Waals surface area contributed by atoms with Crippen molar-refractivity contribution in [1.82, 2.24) is 0 Å². The SMILES string of the molecule is CC/C=C\C/C=C\C/C=C\C/C=C\C/C=C\C/C=C\CCCCCCCOCC(COC1OC(CO)C(O)C(O)C1O)OC(=O)CCCCCCCCCCCCCCCCCCC. The molecule has 9 nitrogen and oxygen atoms in total. The summed E-state index contributed by atoms with van der Waals surface area (Å²) in [4.78, 5) is 12.8. The second kappa shape index (κ2) is 45.8. The molecule has 6 unspecified atom stereocenters. The largest absolute Gasteiger partial charge is 0.457 e. The first-order valence-electron chi connectivity index (χ1n) is 26.0. The Bertz CT molecular complexity index is 1210. The van der Waals surface area contributed by atoms with Crippen LogP contribution in [-0.2, 0) is 23.7 Å². The highest BCUT2D eigenvalue weighted by molar-refractivity contribution is 5.69. The molecule has 1 aliphatic rings. The van der Waals surface area contributed by atoms with E-state index in [1.54, 1.807) is 0 Å². The normalized spacial score (nSPS) is 20.1. The van der Waals surface area contributed by atoms with Gasteiger partial charge >= 0.3 is 5.97 Å². The first-order chi connectivity index (χ1) is 31.4. The third-order valence-corrected chi connectivity index (χ3v) is 11.6. The zero-order chi connectivity index (χ0) is 46.4. The van der Waals surface area contributed by atoms with Crippen LogP contribution in [0.25, 0.3) is 0 Å². The highest BCUT2D eigenvalue weighted by Gasteiger charge is 2.44. The summed E-state index contributed by atoms with van der Waals surface area (Å²) >= 11 is 0. The maximum Gasteiger partial charge on any atom is 0.306 e. The van der Waals surface area contributed by atoms with E-state index in [9.17, 15) is 25.2 Å². The van der Waals surface area contributed by atoms with E-state index < -0.39 is 43.4 Å². The molecule has 0 radical (unpaired) electrons. The van der Waals surface area contributed by atoms with Crippen molar-refractivity contribution in [2.75, 3.05) is 26.4 Å². The highest BCUT2D eigenvalue weighted by Crippen LogP contribution is 2.23. The smallest absolute Gasteiger partial charge is 0.306 e. The maximum absolute atomic E-state index is 12.8. The maximum atomic E-state index is 12.8. The van der Waals surface area contributed by atoms with Gasteiger partial charge in [-0.1, -0.05) is 209 Å². The minimum Gasteiger partial charge on any atom is -0.457 e. The Kier molecular flexibility index (Phi) is 42.7. The first-order valence-corrected chi connectivity index (χ1v) is 26.0. The van der Waals surface area contributed by atoms with Crippen LogP contribution in [0, 0.1) is 0 Å². The molecule has 9 heteroatoms. The van der Waals surface area contributed by atoms with Gasteiger partial charge in [-0.05, 0) is 64.2 Å². The van der Waals surface area contributed by atoms with Gasteiger partial charge in [-0.3, -0.25) is 4.79 Å². The van der Waals surface area contributed by atoms with E-state index in [2.05, 4.69) is 86.8 Å². The molecule has 1 fully saturated rings. The van der Waals surface area contributed by atoms with Crippen LogP contribution in [0.1, 0.15) is 206 Å². The molecule has 0 bridgehead atoms. The van der Waals surface area contributed by atoms with Gasteiger partial charge in [-0.15, -0.1) is 0 Å². The summed E-state index contributed by atoms with van der Waals surface area (Å²) in [6.07, 6.45) is 53.6. The molecule has 0 aromatic heterocycles. The van der Waals surface area contributed by atoms with E-state index in [-0.39, 0.29) is 19.2 Å². The predicted octanol–water partition coefficient (Wildman–Crippen LogP) is 12.8. The number of aliphatic hydroxyl groups is 4. The van der Waals surface area contributed by atoms with E-state index in [4.69, 9.17) is 18.9 Å². The molecular formula is C55H96O9. The van der Waals surface area contributed by atoms with Crippen LogP contribution in [0.3, 0.4) is 0 Å². The van der Waals surface area contributed by atoms with Gasteiger partial charge in [0.25, 0.3) is 0 Å². The summed E-state index contributed by atoms with van der Waals surface area (Å²) in [6.45, 7) is 4.41. The monoisotopic (exact) mass is 901 g/mol. The molecule has 1 heterocycles. The summed E-state index contributed by atoms with van der Waals surface area (Å²) < 4.78 is 22.9. The molecule has 0 aromatic carbocycles. The van der Waals surface area contributed by atoms with Crippen molar-refractivity contribution in [1.29, 1.82) is 0 Å². The zero-order valence-electron chi connectivity index (χ0n) is 40.8. The van der Waals surface area contributed by atoms with Gasteiger partial charge in [0.1, 0.15) is 30.5 Å². The van der Waals surface area contributed by atoms with Crippen molar-refractivity contribution < 1.29 is 44.2 Å². The molecule has 6 atom stereocenters. The zero-order valence-corrected chi connectivity index (χ0v) is 40.8. The lowest BCUT2D eigenvalue weighted by Crippen LogP contribution is -2.59. The van der Waals surface area contributed by atoms with E-state index in [0.717, 1.165) is 89.9 Å². The van der Waals surface area contributed by atoms with Crippen LogP contribution in [0.4, 0.5) is 0 Å². The number of rotatable bonds is 44. The lowest BCUT2D eigenvalue weighted by Gasteiger charge is -2.39. The summed E-state index contributed by atoms with van der Waals surface area (Å²) in [6, 6.07) is 0. The molecular weight excluding hydrogens is 805 g/mol. The summed E-state index contributed by atoms with van der Waals surface area (Å²) in [7, 11) is 0. The van der Waals surface area contributed by atoms with Crippen LogP contribution in [-0.4, -0.2) is 89.6 Å². The molecule has 1 rings (SSSR count). The van der Waals surface area contributed by atoms with Crippen molar-refractivity contribution in [2.45, 2.75) is 243 Å². The number of hydrogen-bond acceptors (Lipinski definition) is 9. The van der Waals surface area contributed by atoms with Gasteiger partial charge in [0.05, 0.1) is 19.8 Å². The minimum absolute atomic E-state index is 0.123. The second-order valence-corrected chi connectivity index (χ2v) is 17.6. The van der Waals surface area contributed by atoms with Gasteiger partial charge in [0.15, 0.2) is 6.29 Å². The highest BCUT2D eigenvalue weighted by atomic mass is 16.7. The average Bonchev–Trinajstić information content (AvgIpc) is 3.30. The summed E-state index contributed by atoms with van der Waals surface area (Å²) in [5.74, 6) is -0.320. The number of aliphatic hydroxyl groups excluding tert-OH is 4. The average molecular weight is 901 g/mol. The van der Waals surface area contributed by atoms with Crippen LogP contribution >= 0.6 is 0 Å². The van der Waals surface area contributed by atoms with E-state index in [0.29, 0.717) is 13.0 Å². The topological polar surface area (TPSA) is 135 Å². The molecule has 64 heavy (non-hydrogen) atoms. The molecule has 4 N–H and O–H groups in total. The standard InChI is InChI=1S/C55H96O9/c1-3-5-7-9-11-13-15-17-19-21-22-23-24-25-26-27-29-31-33-35-37-39-41-43-45-61-47-49(48-62-55-54(60)53(59)52(58)50(46-56)64-55)63-51(57)44-42-40-38-36-34-32-30-28-20-18-16-14-12-10-8-6-4-2/h5,7,11,13,17,19,22-23,25-26,29,31,49-50,52-56,58-60H,3-4,6,8-10,12,14-16,18,20-21,24,27-28,30,32-48H2,1-2H3/b7-5-,13-11-,19-17-,23-22-,26-25-,31-29-. The Morgan fingerprint density at radius 2 is 0.953 bits per heavy atom. The first kappa shape index (κ1) is 59.6. The Hall–Kier alpha value is -2.37. The molecule has 0 aromatic rings. The van der Waals surface area contributed by atoms with Crippen molar-refractivity contribution in [2.24, 2.45) is 0 Å². The fourth-order valence-electron chi connectivity index (χ4n) is 7.61. The number of ether oxygens (including phenoxy) is 4. The van der Waals surface area contributed by atoms with Gasteiger partial charge < -0.3 is 39.4 Å². The van der Waals surface area contributed by atoms with Gasteiger partial charge in [0.2, 0.25) is 0 Å². The minimum atomic E-state index is -1.54. The Labute approximate surface area is 391 Å². The van der Waals surface area contributed by atoms with Crippen molar-refractivity contribution in [3.8, 4) is 0 Å². The molecule has 370 valence electrons. The van der Waals surface area contributed by atoms with Gasteiger partial charge in [0, 0.05) is 13.0 Å². The van der Waals surface area contributed by atoms with E-state index >= 15 is 0 Å². The third kappa shape index (κ3) is 35.8. The Balaban J connectivity index is 2.22. The number of carbonyl (C=O) groups excluding carboxylic acids is 1. The number of hydrogen-bond donors (Lipinski definition) is 4. The fourth-order valence-corrected chi connectivity index (χ4v) is 7.61. The van der Waals surface area contributed by atoms with Crippen molar-refractivity contribution >= 4 is 5.97 Å². The fraction of sp³-hybridized carbons (Fsp3) is 0.764. The number of allylic oxidation sites excluding steroid dienone is 12. The summed E-state index contributed by atoms with van der Waals surface area (Å²) in [5, 5.41) is 40.3. The van der Waals surface area contributed by atoms with Gasteiger partial charge in [-0.2, -0.15) is 0 Å². The van der Waals surface area contributed by atoms with Crippen molar-refractivity contribution in [3.63, 3.8) is 0 Å². The number of esters is 1. The third-order valence-electron chi connectivity index (χ3n) is 11.6. The number of carbonyl (C=O) groups is 1. The van der Waals surface area contributed by atoms with Crippen LogP contribution in [0.2, 0.25) is 0 Å². The molecule has 0 aliphatic carbocycles. The molecule has 1 aliphatic heterocycles. The molecule has 1 saturated heterocycles. The van der Waals surface area contributed by atoms with Crippen molar-refractivity contribution in [3.05, 3.63) is 72.9 Å². The van der Waals surface area contributed by atoms with E-state index in [1.807, 2.05) is 0 Å². The molecule has 0 amide bonds. The van der Waals surface area contributed by atoms with Crippen LogP contribution in [0.5, 0.6) is 0 Å². The number of unbranched alkanes of at least 4 members (excludes halogenated alkanes) is 21. The van der Waals surface area contributed by atoms with Gasteiger partial charge in [-0.25, -0.2) is 0 Å². The molecule has 0 spiro atoms. The lowest BCUT2D eigenvalue weighted by molar-refractivity contribution is -0.305. The molecule has 0 saturated carbocycles. The predicted molar refractivity (Wildman–Crippen MR) is 265 cm³/mol.